The van der Waals surface area contributed by atoms with E-state index in [1.807, 2.05) is 0 Å². The van der Waals surface area contributed by atoms with Gasteiger partial charge in [-0.2, -0.15) is 0 Å². The van der Waals surface area contributed by atoms with Gasteiger partial charge in [0, 0.05) is 11.7 Å². The highest BCUT2D eigenvalue weighted by Gasteiger charge is 2.17. The quantitative estimate of drug-likeness (QED) is 0.570. The zero-order valence-corrected chi connectivity index (χ0v) is 14.5. The van der Waals surface area contributed by atoms with Crippen LogP contribution in [0.2, 0.25) is 0 Å². The fourth-order valence-corrected chi connectivity index (χ4v) is 4.78. The molecule has 0 saturated heterocycles. The smallest absolute Gasteiger partial charge is 0.150 e. The van der Waals surface area contributed by atoms with Crippen molar-refractivity contribution >= 4 is 39.0 Å². The molecule has 1 N–H and O–H groups in total. The van der Waals surface area contributed by atoms with Crippen LogP contribution in [0.4, 0.5) is 5.69 Å². The van der Waals surface area contributed by atoms with Crippen LogP contribution in [-0.4, -0.2) is 17.3 Å². The van der Waals surface area contributed by atoms with Crippen LogP contribution >= 0.6 is 23.1 Å². The van der Waals surface area contributed by atoms with Gasteiger partial charge < -0.3 is 5.32 Å². The Balaban J connectivity index is 1.69. The van der Waals surface area contributed by atoms with Gasteiger partial charge >= 0.3 is 0 Å². The first kappa shape index (κ1) is 15.2. The van der Waals surface area contributed by atoms with Crippen molar-refractivity contribution in [2.45, 2.75) is 55.8 Å². The second-order valence-electron chi connectivity index (χ2n) is 5.99. The number of nitrogens with zero attached hydrogens (tertiary/aromatic N) is 1. The first-order chi connectivity index (χ1) is 10.3. The summed E-state index contributed by atoms with van der Waals surface area (Å²) in [6.45, 7) is 2.33. The fraction of sp³-hybridized carbons (Fsp3) is 0.588. The van der Waals surface area contributed by atoms with E-state index in [4.69, 9.17) is 0 Å². The molecule has 1 saturated carbocycles. The molecule has 1 aromatic carbocycles. The third-order valence-corrected chi connectivity index (χ3v) is 6.58. The molecule has 2 atom stereocenters. The summed E-state index contributed by atoms with van der Waals surface area (Å²) in [7, 11) is 0. The average Bonchev–Trinajstić information content (AvgIpc) is 2.78. The summed E-state index contributed by atoms with van der Waals surface area (Å²) < 4.78 is 2.45. The minimum absolute atomic E-state index is 0.645. The molecule has 1 fully saturated rings. The largest absolute Gasteiger partial charge is 0.382 e. The van der Waals surface area contributed by atoms with E-state index in [2.05, 4.69) is 41.7 Å². The summed E-state index contributed by atoms with van der Waals surface area (Å²) in [5.74, 6) is 0.949. The van der Waals surface area contributed by atoms with E-state index in [1.54, 1.807) is 23.1 Å². The molecule has 4 heteroatoms. The lowest BCUT2D eigenvalue weighted by Crippen LogP contribution is -2.18. The number of benzene rings is 1. The lowest BCUT2D eigenvalue weighted by molar-refractivity contribution is 0.444. The van der Waals surface area contributed by atoms with Crippen molar-refractivity contribution in [1.82, 2.24) is 4.98 Å². The molecular formula is C17H24N2S2. The number of rotatable bonds is 4. The first-order valence-electron chi connectivity index (χ1n) is 7.99. The van der Waals surface area contributed by atoms with Crippen LogP contribution < -0.4 is 5.32 Å². The maximum Gasteiger partial charge on any atom is 0.150 e. The van der Waals surface area contributed by atoms with Gasteiger partial charge in [-0.15, -0.1) is 11.3 Å². The Morgan fingerprint density at radius 3 is 3.00 bits per heavy atom. The monoisotopic (exact) mass is 320 g/mol. The fourth-order valence-electron chi connectivity index (χ4n) is 3.25. The van der Waals surface area contributed by atoms with E-state index < -0.39 is 0 Å². The summed E-state index contributed by atoms with van der Waals surface area (Å²) >= 11 is 3.52. The number of thiazole rings is 1. The minimum Gasteiger partial charge on any atom is -0.382 e. The highest BCUT2D eigenvalue weighted by molar-refractivity contribution is 8.00. The van der Waals surface area contributed by atoms with E-state index in [1.165, 1.54) is 48.9 Å². The summed E-state index contributed by atoms with van der Waals surface area (Å²) in [6, 6.07) is 7.26. The molecule has 0 aliphatic heterocycles. The second-order valence-corrected chi connectivity index (χ2v) is 8.07. The highest BCUT2D eigenvalue weighted by atomic mass is 32.2. The number of thioether (sulfide) groups is 1. The van der Waals surface area contributed by atoms with Crippen LogP contribution in [0, 0.1) is 5.92 Å². The number of anilines is 1. The Morgan fingerprint density at radius 1 is 1.29 bits per heavy atom. The Bertz CT molecular complexity index is 593. The Kier molecular flexibility index (Phi) is 5.07. The molecule has 0 radical (unpaired) electrons. The van der Waals surface area contributed by atoms with Crippen molar-refractivity contribution in [2.24, 2.45) is 5.92 Å². The molecule has 2 aromatic rings. The van der Waals surface area contributed by atoms with Gasteiger partial charge in [0.25, 0.3) is 0 Å². The molecule has 1 aliphatic rings. The van der Waals surface area contributed by atoms with Gasteiger partial charge in [0.2, 0.25) is 0 Å². The van der Waals surface area contributed by atoms with Crippen LogP contribution in [0.1, 0.15) is 45.4 Å². The van der Waals surface area contributed by atoms with E-state index >= 15 is 0 Å². The maximum atomic E-state index is 4.61. The number of hydrogen-bond donors (Lipinski definition) is 1. The van der Waals surface area contributed by atoms with Gasteiger partial charge in [-0.1, -0.05) is 37.9 Å². The summed E-state index contributed by atoms with van der Waals surface area (Å²) in [4.78, 5) is 4.61. The molecule has 1 heterocycles. The number of nitrogens with one attached hydrogen (secondary N) is 1. The lowest BCUT2D eigenvalue weighted by Gasteiger charge is -2.18. The number of hydrogen-bond acceptors (Lipinski definition) is 4. The van der Waals surface area contributed by atoms with E-state index in [9.17, 15) is 0 Å². The van der Waals surface area contributed by atoms with Crippen molar-refractivity contribution in [3.63, 3.8) is 0 Å². The summed E-state index contributed by atoms with van der Waals surface area (Å²) in [5, 5.41) is 3.76. The zero-order chi connectivity index (χ0) is 14.7. The maximum absolute atomic E-state index is 4.61. The van der Waals surface area contributed by atoms with Crippen molar-refractivity contribution in [2.75, 3.05) is 11.6 Å². The zero-order valence-electron chi connectivity index (χ0n) is 12.9. The van der Waals surface area contributed by atoms with Gasteiger partial charge in [-0.05, 0) is 49.6 Å². The third kappa shape index (κ3) is 3.72. The predicted octanol–water partition coefficient (Wildman–Crippen LogP) is 5.79. The minimum atomic E-state index is 0.645. The van der Waals surface area contributed by atoms with E-state index in [0.29, 0.717) is 6.04 Å². The van der Waals surface area contributed by atoms with Crippen LogP contribution in [0.5, 0.6) is 0 Å². The van der Waals surface area contributed by atoms with Gasteiger partial charge in [-0.25, -0.2) is 4.98 Å². The highest BCUT2D eigenvalue weighted by Crippen LogP contribution is 2.31. The average molecular weight is 321 g/mol. The Hall–Kier alpha value is -0.740. The first-order valence-corrected chi connectivity index (χ1v) is 10.0. The van der Waals surface area contributed by atoms with Crippen LogP contribution in [0.25, 0.3) is 10.2 Å². The number of aromatic nitrogens is 1. The van der Waals surface area contributed by atoms with Gasteiger partial charge in [0.15, 0.2) is 4.34 Å². The molecule has 21 heavy (non-hydrogen) atoms. The van der Waals surface area contributed by atoms with Crippen LogP contribution in [0.3, 0.4) is 0 Å². The standard InChI is InChI=1S/C17H24N2S2/c1-3-12-5-4-6-13(8-7-12)18-14-9-10-15-16(11-14)21-17(19-15)20-2/h9-13,18H,3-8H2,1-2H3. The second kappa shape index (κ2) is 7.01. The van der Waals surface area contributed by atoms with Crippen molar-refractivity contribution in [1.29, 1.82) is 0 Å². The number of fused-ring (bicyclic) bond motifs is 1. The summed E-state index contributed by atoms with van der Waals surface area (Å²) in [5.41, 5.74) is 2.39. The van der Waals surface area contributed by atoms with Crippen molar-refractivity contribution in [3.8, 4) is 0 Å². The molecule has 2 nitrogen and oxygen atoms in total. The van der Waals surface area contributed by atoms with Gasteiger partial charge in [-0.3, -0.25) is 0 Å². The molecule has 0 amide bonds. The van der Waals surface area contributed by atoms with E-state index in [0.717, 1.165) is 15.8 Å². The van der Waals surface area contributed by atoms with Crippen molar-refractivity contribution in [3.05, 3.63) is 18.2 Å². The molecule has 0 bridgehead atoms. The van der Waals surface area contributed by atoms with Crippen LogP contribution in [0.15, 0.2) is 22.5 Å². The molecule has 1 aromatic heterocycles. The third-order valence-electron chi connectivity index (χ3n) is 4.58. The topological polar surface area (TPSA) is 24.9 Å². The molecule has 2 unspecified atom stereocenters. The molecule has 114 valence electrons. The Morgan fingerprint density at radius 2 is 2.19 bits per heavy atom. The molecule has 0 spiro atoms. The molecule has 1 aliphatic carbocycles. The van der Waals surface area contributed by atoms with Gasteiger partial charge in [0.1, 0.15) is 0 Å². The Labute approximate surface area is 135 Å². The normalized spacial score (nSPS) is 23.1. The van der Waals surface area contributed by atoms with Crippen molar-refractivity contribution < 1.29 is 0 Å². The SMILES string of the molecule is CCC1CCCC(Nc2ccc3nc(SC)sc3c2)CC1. The molecule has 3 rings (SSSR count). The van der Waals surface area contributed by atoms with E-state index in [-0.39, 0.29) is 0 Å². The molecular weight excluding hydrogens is 296 g/mol. The lowest BCUT2D eigenvalue weighted by atomic mass is 9.98. The predicted molar refractivity (Wildman–Crippen MR) is 95.7 cm³/mol. The van der Waals surface area contributed by atoms with Crippen LogP contribution in [-0.2, 0) is 0 Å². The summed E-state index contributed by atoms with van der Waals surface area (Å²) in [6.07, 6.45) is 10.2. The van der Waals surface area contributed by atoms with Gasteiger partial charge in [0.05, 0.1) is 10.2 Å².